The van der Waals surface area contributed by atoms with Crippen molar-refractivity contribution in [2.75, 3.05) is 18.6 Å². The van der Waals surface area contributed by atoms with Crippen LogP contribution in [-0.2, 0) is 4.79 Å². The average Bonchev–Trinajstić information content (AvgIpc) is 2.76. The lowest BCUT2D eigenvalue weighted by atomic mass is 9.89. The van der Waals surface area contributed by atoms with Crippen molar-refractivity contribution in [3.63, 3.8) is 0 Å². The summed E-state index contributed by atoms with van der Waals surface area (Å²) in [7, 11) is 2.10. The molecule has 0 radical (unpaired) electrons. The zero-order chi connectivity index (χ0) is 22.0. The van der Waals surface area contributed by atoms with Crippen LogP contribution in [0.2, 0.25) is 0 Å². The van der Waals surface area contributed by atoms with Gasteiger partial charge in [0.25, 0.3) is 5.91 Å². The van der Waals surface area contributed by atoms with E-state index in [2.05, 4.69) is 61.5 Å². The SMILES string of the molecule is CC1=CC(C)(C)N(C)c2ccc(/C=N\NC(=O)COc3cccc4ccccc34)cc21. The van der Waals surface area contributed by atoms with Gasteiger partial charge >= 0.3 is 0 Å². The number of allylic oxidation sites excluding steroid dienone is 1. The first kappa shape index (κ1) is 20.7. The van der Waals surface area contributed by atoms with Crippen LogP contribution in [0.25, 0.3) is 16.3 Å². The third-order valence-electron chi connectivity index (χ3n) is 5.75. The average molecular weight is 414 g/mol. The van der Waals surface area contributed by atoms with Crippen molar-refractivity contribution in [2.45, 2.75) is 26.3 Å². The first-order valence-electron chi connectivity index (χ1n) is 10.4. The molecule has 31 heavy (non-hydrogen) atoms. The van der Waals surface area contributed by atoms with E-state index in [1.165, 1.54) is 16.8 Å². The molecule has 1 heterocycles. The fourth-order valence-corrected chi connectivity index (χ4v) is 3.93. The van der Waals surface area contributed by atoms with Crippen LogP contribution in [0.4, 0.5) is 5.69 Å². The smallest absolute Gasteiger partial charge is 0.277 e. The molecule has 1 aliphatic heterocycles. The lowest BCUT2D eigenvalue weighted by Crippen LogP contribution is -2.42. The van der Waals surface area contributed by atoms with Crippen molar-refractivity contribution in [1.82, 2.24) is 5.43 Å². The minimum atomic E-state index is -0.306. The summed E-state index contributed by atoms with van der Waals surface area (Å²) in [6, 6.07) is 19.9. The van der Waals surface area contributed by atoms with Gasteiger partial charge < -0.3 is 9.64 Å². The second-order valence-corrected chi connectivity index (χ2v) is 8.38. The van der Waals surface area contributed by atoms with Crippen molar-refractivity contribution < 1.29 is 9.53 Å². The van der Waals surface area contributed by atoms with Crippen LogP contribution in [0, 0.1) is 0 Å². The minimum Gasteiger partial charge on any atom is -0.483 e. The van der Waals surface area contributed by atoms with E-state index in [1.54, 1.807) is 6.21 Å². The molecular weight excluding hydrogens is 386 g/mol. The Hall–Kier alpha value is -3.60. The standard InChI is InChI=1S/C26H27N3O2/c1-18-15-26(2,3)29(4)23-13-12-19(14-22(18)23)16-27-28-25(30)17-31-24-11-7-9-20-8-5-6-10-21(20)24/h5-16H,17H2,1-4H3,(H,28,30)/b27-16-. The van der Waals surface area contributed by atoms with Crippen LogP contribution >= 0.6 is 0 Å². The summed E-state index contributed by atoms with van der Waals surface area (Å²) in [4.78, 5) is 14.4. The monoisotopic (exact) mass is 413 g/mol. The van der Waals surface area contributed by atoms with Gasteiger partial charge in [-0.15, -0.1) is 0 Å². The van der Waals surface area contributed by atoms with E-state index < -0.39 is 0 Å². The van der Waals surface area contributed by atoms with Gasteiger partial charge in [-0.3, -0.25) is 4.79 Å². The van der Waals surface area contributed by atoms with Gasteiger partial charge in [0, 0.05) is 23.7 Å². The molecule has 1 aliphatic rings. The van der Waals surface area contributed by atoms with E-state index in [4.69, 9.17) is 4.74 Å². The normalized spacial score (nSPS) is 15.0. The molecule has 0 saturated carbocycles. The number of carbonyl (C=O) groups excluding carboxylic acids is 1. The van der Waals surface area contributed by atoms with Gasteiger partial charge in [-0.25, -0.2) is 5.43 Å². The number of amides is 1. The Morgan fingerprint density at radius 3 is 2.74 bits per heavy atom. The molecule has 0 fully saturated rings. The van der Waals surface area contributed by atoms with Crippen LogP contribution < -0.4 is 15.1 Å². The van der Waals surface area contributed by atoms with Gasteiger partial charge in [0.05, 0.1) is 11.8 Å². The second-order valence-electron chi connectivity index (χ2n) is 8.38. The maximum atomic E-state index is 12.2. The lowest BCUT2D eigenvalue weighted by molar-refractivity contribution is -0.123. The number of hydrazone groups is 1. The maximum Gasteiger partial charge on any atom is 0.277 e. The Balaban J connectivity index is 1.39. The van der Waals surface area contributed by atoms with E-state index in [1.807, 2.05) is 48.5 Å². The largest absolute Gasteiger partial charge is 0.483 e. The van der Waals surface area contributed by atoms with E-state index in [-0.39, 0.29) is 18.1 Å². The highest BCUT2D eigenvalue weighted by molar-refractivity contribution is 5.90. The predicted octanol–water partition coefficient (Wildman–Crippen LogP) is 5.00. The number of hydrogen-bond donors (Lipinski definition) is 1. The molecule has 0 bridgehead atoms. The van der Waals surface area contributed by atoms with Crippen LogP contribution in [0.3, 0.4) is 0 Å². The van der Waals surface area contributed by atoms with Gasteiger partial charge in [0.2, 0.25) is 0 Å². The van der Waals surface area contributed by atoms with Gasteiger partial charge in [0.15, 0.2) is 6.61 Å². The number of rotatable bonds is 5. The molecule has 0 unspecified atom stereocenters. The van der Waals surface area contributed by atoms with Crippen LogP contribution in [-0.4, -0.2) is 31.3 Å². The summed E-state index contributed by atoms with van der Waals surface area (Å²) in [5.41, 5.74) is 7.05. The summed E-state index contributed by atoms with van der Waals surface area (Å²) in [6.45, 7) is 6.42. The fourth-order valence-electron chi connectivity index (χ4n) is 3.93. The van der Waals surface area contributed by atoms with Crippen molar-refractivity contribution in [2.24, 2.45) is 5.10 Å². The Labute approximate surface area is 183 Å². The molecule has 0 saturated heterocycles. The molecule has 0 spiro atoms. The lowest BCUT2D eigenvalue weighted by Gasteiger charge is -2.40. The fraction of sp³-hybridized carbons (Fsp3) is 0.231. The highest BCUT2D eigenvalue weighted by atomic mass is 16.5. The van der Waals surface area contributed by atoms with Gasteiger partial charge in [0.1, 0.15) is 5.75 Å². The number of hydrogen-bond acceptors (Lipinski definition) is 4. The number of nitrogens with one attached hydrogen (secondary N) is 1. The number of fused-ring (bicyclic) bond motifs is 2. The van der Waals surface area contributed by atoms with Gasteiger partial charge in [-0.1, -0.05) is 48.5 Å². The van der Waals surface area contributed by atoms with Crippen LogP contribution in [0.1, 0.15) is 31.9 Å². The Bertz CT molecular complexity index is 1190. The van der Waals surface area contributed by atoms with Crippen molar-refractivity contribution in [1.29, 1.82) is 0 Å². The predicted molar refractivity (Wildman–Crippen MR) is 128 cm³/mol. The quantitative estimate of drug-likeness (QED) is 0.473. The van der Waals surface area contributed by atoms with Crippen molar-refractivity contribution >= 4 is 34.2 Å². The topological polar surface area (TPSA) is 53.9 Å². The summed E-state index contributed by atoms with van der Waals surface area (Å²) in [5.74, 6) is 0.376. The molecule has 158 valence electrons. The third kappa shape index (κ3) is 4.31. The summed E-state index contributed by atoms with van der Waals surface area (Å²) in [5, 5.41) is 6.15. The first-order valence-corrected chi connectivity index (χ1v) is 10.4. The highest BCUT2D eigenvalue weighted by Gasteiger charge is 2.28. The molecule has 0 aliphatic carbocycles. The Kier molecular flexibility index (Phi) is 5.51. The zero-order valence-corrected chi connectivity index (χ0v) is 18.3. The van der Waals surface area contributed by atoms with Gasteiger partial charge in [-0.05, 0) is 55.5 Å². The number of ether oxygens (including phenoxy) is 1. The van der Waals surface area contributed by atoms with Crippen LogP contribution in [0.15, 0.2) is 71.8 Å². The molecule has 1 N–H and O–H groups in total. The van der Waals surface area contributed by atoms with Crippen molar-refractivity contribution in [3.05, 3.63) is 77.9 Å². The number of benzene rings is 3. The summed E-state index contributed by atoms with van der Waals surface area (Å²) in [6.07, 6.45) is 3.92. The number of carbonyl (C=O) groups is 1. The highest BCUT2D eigenvalue weighted by Crippen LogP contribution is 2.37. The number of anilines is 1. The molecule has 4 rings (SSSR count). The summed E-state index contributed by atoms with van der Waals surface area (Å²) < 4.78 is 5.70. The molecule has 3 aromatic rings. The Morgan fingerprint density at radius 1 is 1.13 bits per heavy atom. The molecule has 0 aromatic heterocycles. The van der Waals surface area contributed by atoms with E-state index in [9.17, 15) is 4.79 Å². The number of likely N-dealkylation sites (N-methyl/N-ethyl adjacent to an activating group) is 1. The number of nitrogens with zero attached hydrogens (tertiary/aromatic N) is 2. The van der Waals surface area contributed by atoms with Gasteiger partial charge in [-0.2, -0.15) is 5.10 Å². The minimum absolute atomic E-state index is 0.0231. The molecule has 0 atom stereocenters. The van der Waals surface area contributed by atoms with E-state index >= 15 is 0 Å². The Morgan fingerprint density at radius 2 is 1.90 bits per heavy atom. The van der Waals surface area contributed by atoms with E-state index in [0.29, 0.717) is 5.75 Å². The maximum absolute atomic E-state index is 12.2. The molecule has 3 aromatic carbocycles. The molecule has 5 heteroatoms. The van der Waals surface area contributed by atoms with E-state index in [0.717, 1.165) is 16.3 Å². The zero-order valence-electron chi connectivity index (χ0n) is 18.3. The first-order chi connectivity index (χ1) is 14.8. The summed E-state index contributed by atoms with van der Waals surface area (Å²) >= 11 is 0. The molecule has 5 nitrogen and oxygen atoms in total. The molecular formula is C26H27N3O2. The van der Waals surface area contributed by atoms with Crippen molar-refractivity contribution in [3.8, 4) is 5.75 Å². The van der Waals surface area contributed by atoms with Crippen LogP contribution in [0.5, 0.6) is 5.75 Å². The second kappa shape index (κ2) is 8.26. The molecule has 1 amide bonds. The third-order valence-corrected chi connectivity index (χ3v) is 5.75.